The van der Waals surface area contributed by atoms with Crippen molar-refractivity contribution in [2.45, 2.75) is 13.5 Å². The highest BCUT2D eigenvalue weighted by Crippen LogP contribution is 2.19. The zero-order valence-corrected chi connectivity index (χ0v) is 15.8. The normalized spacial score (nSPS) is 10.5. The summed E-state index contributed by atoms with van der Waals surface area (Å²) in [6.07, 6.45) is 1.50. The third-order valence-corrected chi connectivity index (χ3v) is 4.02. The molecule has 2 N–H and O–H groups in total. The van der Waals surface area contributed by atoms with Gasteiger partial charge in [-0.1, -0.05) is 18.2 Å². The summed E-state index contributed by atoms with van der Waals surface area (Å²) in [6, 6.07) is 12.8. The van der Waals surface area contributed by atoms with Gasteiger partial charge in [0.25, 0.3) is 0 Å². The van der Waals surface area contributed by atoms with E-state index in [9.17, 15) is 4.79 Å². The summed E-state index contributed by atoms with van der Waals surface area (Å²) in [7, 11) is 1.63. The molecule has 9 nitrogen and oxygen atoms in total. The fraction of sp³-hybridized carbons (Fsp3) is 0.263. The summed E-state index contributed by atoms with van der Waals surface area (Å²) in [6.45, 7) is 3.36. The molecule has 2 amide bonds. The van der Waals surface area contributed by atoms with Crippen LogP contribution in [0.25, 0.3) is 5.69 Å². The van der Waals surface area contributed by atoms with Gasteiger partial charge in [0.15, 0.2) is 0 Å². The molecule has 0 fully saturated rings. The highest BCUT2D eigenvalue weighted by molar-refractivity contribution is 5.90. The van der Waals surface area contributed by atoms with E-state index < -0.39 is 0 Å². The van der Waals surface area contributed by atoms with Gasteiger partial charge in [-0.15, -0.1) is 5.10 Å². The van der Waals surface area contributed by atoms with E-state index in [1.54, 1.807) is 7.11 Å². The molecular weight excluding hydrogens is 360 g/mol. The Morgan fingerprint density at radius 1 is 1.14 bits per heavy atom. The number of hydrogen-bond acceptors (Lipinski definition) is 6. The second-order valence-electron chi connectivity index (χ2n) is 6.05. The number of carbonyl (C=O) groups excluding carboxylic acids is 1. The molecule has 0 saturated heterocycles. The Hall–Kier alpha value is -3.46. The number of tetrazole rings is 1. The van der Waals surface area contributed by atoms with Crippen molar-refractivity contribution in [1.82, 2.24) is 25.5 Å². The van der Waals surface area contributed by atoms with E-state index in [1.807, 2.05) is 49.4 Å². The number of hydrogen-bond donors (Lipinski definition) is 2. The predicted molar refractivity (Wildman–Crippen MR) is 104 cm³/mol. The van der Waals surface area contributed by atoms with E-state index >= 15 is 0 Å². The van der Waals surface area contributed by atoms with Gasteiger partial charge in [0, 0.05) is 19.3 Å². The summed E-state index contributed by atoms with van der Waals surface area (Å²) < 4.78 is 12.0. The lowest BCUT2D eigenvalue weighted by atomic mass is 10.2. The molecule has 146 valence electrons. The number of nitrogens with one attached hydrogen (secondary N) is 2. The third-order valence-electron chi connectivity index (χ3n) is 4.02. The van der Waals surface area contributed by atoms with Crippen LogP contribution in [-0.2, 0) is 11.3 Å². The van der Waals surface area contributed by atoms with Crippen LogP contribution in [0.5, 0.6) is 5.75 Å². The first-order valence-corrected chi connectivity index (χ1v) is 8.75. The minimum absolute atomic E-state index is 0.294. The van der Waals surface area contributed by atoms with Crippen molar-refractivity contribution in [1.29, 1.82) is 0 Å². The van der Waals surface area contributed by atoms with Gasteiger partial charge in [-0.3, -0.25) is 0 Å². The molecule has 1 heterocycles. The van der Waals surface area contributed by atoms with Gasteiger partial charge in [0.05, 0.1) is 12.3 Å². The van der Waals surface area contributed by atoms with Gasteiger partial charge >= 0.3 is 6.03 Å². The van der Waals surface area contributed by atoms with Crippen molar-refractivity contribution in [3.63, 3.8) is 0 Å². The van der Waals surface area contributed by atoms with Gasteiger partial charge in [0.2, 0.25) is 0 Å². The molecule has 0 radical (unpaired) electrons. The zero-order valence-electron chi connectivity index (χ0n) is 15.8. The molecule has 3 aromatic rings. The van der Waals surface area contributed by atoms with Gasteiger partial charge in [-0.05, 0) is 52.7 Å². The Morgan fingerprint density at radius 3 is 2.68 bits per heavy atom. The van der Waals surface area contributed by atoms with Crippen LogP contribution < -0.4 is 15.4 Å². The molecule has 0 atom stereocenters. The minimum atomic E-state index is -0.294. The maximum atomic E-state index is 12.3. The largest absolute Gasteiger partial charge is 0.491 e. The van der Waals surface area contributed by atoms with Crippen molar-refractivity contribution >= 4 is 11.7 Å². The number of anilines is 1. The Kier molecular flexibility index (Phi) is 6.53. The molecule has 0 unspecified atom stereocenters. The van der Waals surface area contributed by atoms with Crippen molar-refractivity contribution in [2.75, 3.05) is 25.6 Å². The topological polar surface area (TPSA) is 103 Å². The van der Waals surface area contributed by atoms with Crippen LogP contribution in [0.1, 0.15) is 11.1 Å². The van der Waals surface area contributed by atoms with Crippen LogP contribution in [0.3, 0.4) is 0 Å². The van der Waals surface area contributed by atoms with E-state index in [0.29, 0.717) is 25.4 Å². The number of carbonyl (C=O) groups is 1. The highest BCUT2D eigenvalue weighted by Gasteiger charge is 2.07. The van der Waals surface area contributed by atoms with E-state index in [-0.39, 0.29) is 6.03 Å². The second-order valence-corrected chi connectivity index (χ2v) is 6.05. The van der Waals surface area contributed by atoms with Crippen molar-refractivity contribution in [3.05, 3.63) is 59.9 Å². The van der Waals surface area contributed by atoms with Crippen molar-refractivity contribution < 1.29 is 14.3 Å². The molecule has 0 aliphatic heterocycles. The molecular formula is C19H22N6O3. The van der Waals surface area contributed by atoms with Crippen LogP contribution in [-0.4, -0.2) is 46.6 Å². The van der Waals surface area contributed by atoms with Crippen LogP contribution in [0.15, 0.2) is 48.8 Å². The quantitative estimate of drug-likeness (QED) is 0.580. The van der Waals surface area contributed by atoms with Crippen molar-refractivity contribution in [3.8, 4) is 11.4 Å². The number of rotatable bonds is 8. The lowest BCUT2D eigenvalue weighted by molar-refractivity contribution is 0.146. The van der Waals surface area contributed by atoms with Crippen molar-refractivity contribution in [2.24, 2.45) is 0 Å². The summed E-state index contributed by atoms with van der Waals surface area (Å²) in [5, 5.41) is 16.8. The average molecular weight is 382 g/mol. The molecule has 9 heteroatoms. The standard InChI is InChI=1S/C19H22N6O3/c1-14-3-6-16(25-13-21-23-24-25)11-18(14)22-19(26)20-12-15-4-7-17(8-5-15)28-10-9-27-2/h3-8,11,13H,9-10,12H2,1-2H3,(H2,20,22,26). The highest BCUT2D eigenvalue weighted by atomic mass is 16.5. The van der Waals surface area contributed by atoms with Crippen LogP contribution >= 0.6 is 0 Å². The molecule has 0 aliphatic carbocycles. The lowest BCUT2D eigenvalue weighted by Crippen LogP contribution is -2.28. The Bertz CT molecular complexity index is 897. The maximum Gasteiger partial charge on any atom is 0.319 e. The smallest absolute Gasteiger partial charge is 0.319 e. The number of ether oxygens (including phenoxy) is 2. The number of benzene rings is 2. The molecule has 2 aromatic carbocycles. The van der Waals surface area contributed by atoms with Gasteiger partial charge < -0.3 is 20.1 Å². The molecule has 1 aromatic heterocycles. The van der Waals surface area contributed by atoms with E-state index in [0.717, 1.165) is 22.6 Å². The van der Waals surface area contributed by atoms with Crippen LogP contribution in [0.4, 0.5) is 10.5 Å². The number of aromatic nitrogens is 4. The molecule has 0 aliphatic rings. The first-order chi connectivity index (χ1) is 13.7. The monoisotopic (exact) mass is 382 g/mol. The van der Waals surface area contributed by atoms with Gasteiger partial charge in [0.1, 0.15) is 18.7 Å². The third kappa shape index (κ3) is 5.27. The Balaban J connectivity index is 1.54. The van der Waals surface area contributed by atoms with Crippen LogP contribution in [0.2, 0.25) is 0 Å². The summed E-state index contributed by atoms with van der Waals surface area (Å²) >= 11 is 0. The van der Waals surface area contributed by atoms with Gasteiger partial charge in [-0.25, -0.2) is 9.48 Å². The minimum Gasteiger partial charge on any atom is -0.491 e. The van der Waals surface area contributed by atoms with E-state index in [2.05, 4.69) is 26.2 Å². The predicted octanol–water partition coefficient (Wildman–Crippen LogP) is 2.32. The number of nitrogens with zero attached hydrogens (tertiary/aromatic N) is 4. The Labute approximate surface area is 162 Å². The molecule has 28 heavy (non-hydrogen) atoms. The number of aryl methyl sites for hydroxylation is 1. The number of urea groups is 1. The van der Waals surface area contributed by atoms with E-state index in [1.165, 1.54) is 11.0 Å². The molecule has 0 saturated carbocycles. The number of amides is 2. The number of methoxy groups -OCH3 is 1. The fourth-order valence-corrected chi connectivity index (χ4v) is 2.46. The van der Waals surface area contributed by atoms with Crippen LogP contribution in [0, 0.1) is 6.92 Å². The summed E-state index contributed by atoms with van der Waals surface area (Å²) in [5.41, 5.74) is 3.35. The zero-order chi connectivity index (χ0) is 19.8. The Morgan fingerprint density at radius 2 is 1.96 bits per heavy atom. The SMILES string of the molecule is COCCOc1ccc(CNC(=O)Nc2cc(-n3cnnn3)ccc2C)cc1. The summed E-state index contributed by atoms with van der Waals surface area (Å²) in [5.74, 6) is 0.764. The first-order valence-electron chi connectivity index (χ1n) is 8.75. The molecule has 3 rings (SSSR count). The first kappa shape index (κ1) is 19.3. The average Bonchev–Trinajstić information content (AvgIpc) is 3.24. The summed E-state index contributed by atoms with van der Waals surface area (Å²) in [4.78, 5) is 12.3. The fourth-order valence-electron chi connectivity index (χ4n) is 2.46. The maximum absolute atomic E-state index is 12.3. The lowest BCUT2D eigenvalue weighted by Gasteiger charge is -2.12. The van der Waals surface area contributed by atoms with Gasteiger partial charge in [-0.2, -0.15) is 0 Å². The molecule has 0 bridgehead atoms. The second kappa shape index (κ2) is 9.47. The van der Waals surface area contributed by atoms with E-state index in [4.69, 9.17) is 9.47 Å². The molecule has 0 spiro atoms.